The van der Waals surface area contributed by atoms with Gasteiger partial charge in [-0.05, 0) is 18.6 Å². The molecule has 1 aromatic carbocycles. The minimum Gasteiger partial charge on any atom is -0.480 e. The minimum atomic E-state index is -1.43. The lowest BCUT2D eigenvalue weighted by Gasteiger charge is -2.32. The maximum atomic E-state index is 11.3. The number of fused-ring (bicyclic) bond motifs is 1. The normalized spacial score (nSPS) is 23.9. The summed E-state index contributed by atoms with van der Waals surface area (Å²) in [6.45, 7) is 0. The van der Waals surface area contributed by atoms with Gasteiger partial charge in [0.1, 0.15) is 5.54 Å². The highest BCUT2D eigenvalue weighted by molar-refractivity contribution is 7.99. The standard InChI is InChI=1S/C10H9Cl2NO2S/c11-5-1-2-6-7(8(5)12)10(13,9(14)15)3-4-16-6/h1-2H,3-4,13H2,(H,14,15). The van der Waals surface area contributed by atoms with E-state index in [9.17, 15) is 9.90 Å². The highest BCUT2D eigenvalue weighted by Gasteiger charge is 2.42. The molecule has 2 rings (SSSR count). The summed E-state index contributed by atoms with van der Waals surface area (Å²) in [7, 11) is 0. The number of nitrogens with two attached hydrogens (primary N) is 1. The summed E-state index contributed by atoms with van der Waals surface area (Å²) in [5, 5.41) is 9.80. The average Bonchev–Trinajstić information content (AvgIpc) is 2.23. The van der Waals surface area contributed by atoms with Crippen molar-refractivity contribution in [3.63, 3.8) is 0 Å². The molecule has 0 aromatic heterocycles. The topological polar surface area (TPSA) is 63.3 Å². The summed E-state index contributed by atoms with van der Waals surface area (Å²) in [4.78, 5) is 12.1. The van der Waals surface area contributed by atoms with Gasteiger partial charge in [-0.1, -0.05) is 23.2 Å². The first-order chi connectivity index (χ1) is 7.47. The first-order valence-corrected chi connectivity index (χ1v) is 6.34. The predicted octanol–water partition coefficient (Wildman–Crippen LogP) is 2.73. The van der Waals surface area contributed by atoms with Gasteiger partial charge in [-0.2, -0.15) is 0 Å². The van der Waals surface area contributed by atoms with Crippen LogP contribution in [0.15, 0.2) is 17.0 Å². The van der Waals surface area contributed by atoms with E-state index >= 15 is 0 Å². The molecular formula is C10H9Cl2NO2S. The van der Waals surface area contributed by atoms with E-state index in [1.807, 2.05) is 0 Å². The molecule has 1 heterocycles. The molecule has 1 aliphatic heterocycles. The van der Waals surface area contributed by atoms with Crippen molar-refractivity contribution in [2.75, 3.05) is 5.75 Å². The predicted molar refractivity (Wildman–Crippen MR) is 65.3 cm³/mol. The van der Waals surface area contributed by atoms with Gasteiger partial charge in [-0.3, -0.25) is 0 Å². The van der Waals surface area contributed by atoms with Crippen LogP contribution in [-0.2, 0) is 10.3 Å². The Morgan fingerprint density at radius 3 is 2.81 bits per heavy atom. The SMILES string of the molecule is NC1(C(=O)O)CCSc2ccc(Cl)c(Cl)c21. The molecule has 0 radical (unpaired) electrons. The molecule has 0 bridgehead atoms. The summed E-state index contributed by atoms with van der Waals surface area (Å²) in [6.07, 6.45) is 0.347. The number of carboxylic acids is 1. The summed E-state index contributed by atoms with van der Waals surface area (Å²) in [5.74, 6) is -0.411. The van der Waals surface area contributed by atoms with E-state index in [-0.39, 0.29) is 5.02 Å². The van der Waals surface area contributed by atoms with E-state index in [0.717, 1.165) is 4.90 Å². The monoisotopic (exact) mass is 277 g/mol. The fourth-order valence-electron chi connectivity index (χ4n) is 1.73. The number of carboxylic acid groups (broad SMARTS) is 1. The zero-order chi connectivity index (χ0) is 11.9. The molecule has 1 atom stereocenters. The van der Waals surface area contributed by atoms with E-state index < -0.39 is 11.5 Å². The molecule has 1 aromatic rings. The largest absolute Gasteiger partial charge is 0.480 e. The number of hydrogen-bond donors (Lipinski definition) is 2. The van der Waals surface area contributed by atoms with Crippen molar-refractivity contribution in [2.45, 2.75) is 16.9 Å². The van der Waals surface area contributed by atoms with Crippen LogP contribution in [0.5, 0.6) is 0 Å². The van der Waals surface area contributed by atoms with E-state index in [0.29, 0.717) is 22.8 Å². The van der Waals surface area contributed by atoms with Crippen molar-refractivity contribution in [3.05, 3.63) is 27.7 Å². The first-order valence-electron chi connectivity index (χ1n) is 4.60. The Morgan fingerprint density at radius 1 is 1.50 bits per heavy atom. The van der Waals surface area contributed by atoms with Gasteiger partial charge >= 0.3 is 5.97 Å². The number of hydrogen-bond acceptors (Lipinski definition) is 3. The molecule has 3 nitrogen and oxygen atoms in total. The number of carbonyl (C=O) groups is 1. The van der Waals surface area contributed by atoms with Crippen molar-refractivity contribution in [1.82, 2.24) is 0 Å². The third kappa shape index (κ3) is 1.70. The van der Waals surface area contributed by atoms with Crippen molar-refractivity contribution < 1.29 is 9.90 Å². The Balaban J connectivity index is 2.70. The Morgan fingerprint density at radius 2 is 2.19 bits per heavy atom. The van der Waals surface area contributed by atoms with Crippen LogP contribution >= 0.6 is 35.0 Å². The zero-order valence-electron chi connectivity index (χ0n) is 8.17. The van der Waals surface area contributed by atoms with E-state index in [2.05, 4.69) is 0 Å². The lowest BCUT2D eigenvalue weighted by Crippen LogP contribution is -2.47. The molecular weight excluding hydrogens is 269 g/mol. The number of thioether (sulfide) groups is 1. The first kappa shape index (κ1) is 12.0. The molecule has 1 aliphatic rings. The molecule has 0 saturated heterocycles. The second-order valence-corrected chi connectivity index (χ2v) is 5.53. The second-order valence-electron chi connectivity index (χ2n) is 3.61. The molecule has 16 heavy (non-hydrogen) atoms. The quantitative estimate of drug-likeness (QED) is 0.829. The number of halogens is 2. The summed E-state index contributed by atoms with van der Waals surface area (Å²) in [5.41, 5.74) is 4.93. The Labute approximate surface area is 107 Å². The van der Waals surface area contributed by atoms with Gasteiger partial charge in [0.2, 0.25) is 0 Å². The van der Waals surface area contributed by atoms with Crippen LogP contribution in [0.25, 0.3) is 0 Å². The molecule has 86 valence electrons. The highest BCUT2D eigenvalue weighted by Crippen LogP contribution is 2.45. The number of rotatable bonds is 1. The van der Waals surface area contributed by atoms with Crippen LogP contribution < -0.4 is 5.73 Å². The van der Waals surface area contributed by atoms with Crippen LogP contribution in [0.2, 0.25) is 10.0 Å². The van der Waals surface area contributed by atoms with Gasteiger partial charge in [-0.15, -0.1) is 11.8 Å². The smallest absolute Gasteiger partial charge is 0.328 e. The lowest BCUT2D eigenvalue weighted by atomic mass is 9.88. The van der Waals surface area contributed by atoms with Crippen molar-refractivity contribution in [2.24, 2.45) is 5.73 Å². The van der Waals surface area contributed by atoms with Crippen molar-refractivity contribution >= 4 is 40.9 Å². The minimum absolute atomic E-state index is 0.247. The van der Waals surface area contributed by atoms with Gasteiger partial charge in [0, 0.05) is 16.2 Å². The fourth-order valence-corrected chi connectivity index (χ4v) is 3.51. The fraction of sp³-hybridized carbons (Fsp3) is 0.300. The van der Waals surface area contributed by atoms with Crippen LogP contribution in [0.4, 0.5) is 0 Å². The van der Waals surface area contributed by atoms with Gasteiger partial charge in [0.05, 0.1) is 10.0 Å². The molecule has 0 aliphatic carbocycles. The van der Waals surface area contributed by atoms with Crippen LogP contribution in [0, 0.1) is 0 Å². The third-order valence-electron chi connectivity index (χ3n) is 2.64. The van der Waals surface area contributed by atoms with Gasteiger partial charge in [-0.25, -0.2) is 4.79 Å². The van der Waals surface area contributed by atoms with Crippen LogP contribution in [0.1, 0.15) is 12.0 Å². The molecule has 0 fully saturated rings. The molecule has 0 spiro atoms. The molecule has 0 saturated carbocycles. The average molecular weight is 278 g/mol. The van der Waals surface area contributed by atoms with Crippen LogP contribution in [0.3, 0.4) is 0 Å². The summed E-state index contributed by atoms with van der Waals surface area (Å²) >= 11 is 13.5. The second kappa shape index (κ2) is 4.11. The van der Waals surface area contributed by atoms with E-state index in [4.69, 9.17) is 28.9 Å². The Hall–Kier alpha value is -0.420. The van der Waals surface area contributed by atoms with Gasteiger partial charge in [0.25, 0.3) is 0 Å². The Bertz CT molecular complexity index is 466. The molecule has 3 N–H and O–H groups in total. The summed E-state index contributed by atoms with van der Waals surface area (Å²) < 4.78 is 0. The third-order valence-corrected chi connectivity index (χ3v) is 4.50. The maximum absolute atomic E-state index is 11.3. The van der Waals surface area contributed by atoms with Gasteiger partial charge in [0.15, 0.2) is 0 Å². The van der Waals surface area contributed by atoms with E-state index in [1.165, 1.54) is 0 Å². The Kier molecular flexibility index (Phi) is 3.09. The molecule has 6 heteroatoms. The summed E-state index contributed by atoms with van der Waals surface area (Å²) in [6, 6.07) is 3.42. The molecule has 0 amide bonds. The molecule has 1 unspecified atom stereocenters. The lowest BCUT2D eigenvalue weighted by molar-refractivity contribution is -0.144. The van der Waals surface area contributed by atoms with E-state index in [1.54, 1.807) is 23.9 Å². The van der Waals surface area contributed by atoms with Crippen molar-refractivity contribution in [3.8, 4) is 0 Å². The number of aliphatic carboxylic acids is 1. The van der Waals surface area contributed by atoms with Crippen molar-refractivity contribution in [1.29, 1.82) is 0 Å². The highest BCUT2D eigenvalue weighted by atomic mass is 35.5. The van der Waals surface area contributed by atoms with Crippen LogP contribution in [-0.4, -0.2) is 16.8 Å². The van der Waals surface area contributed by atoms with Gasteiger partial charge < -0.3 is 10.8 Å². The number of benzene rings is 1. The zero-order valence-corrected chi connectivity index (χ0v) is 10.5. The maximum Gasteiger partial charge on any atom is 0.328 e.